The first-order valence-electron chi connectivity index (χ1n) is 7.32. The lowest BCUT2D eigenvalue weighted by Crippen LogP contribution is -2.37. The third kappa shape index (κ3) is 2.52. The molecule has 1 aliphatic rings. The molecule has 1 aromatic carbocycles. The molecule has 0 bridgehead atoms. The Kier molecular flexibility index (Phi) is 3.73. The van der Waals surface area contributed by atoms with Gasteiger partial charge in [0.05, 0.1) is 11.1 Å². The highest BCUT2D eigenvalue weighted by Gasteiger charge is 2.40. The minimum atomic E-state index is -0.647. The largest absolute Gasteiger partial charge is 0.355 e. The highest BCUT2D eigenvalue weighted by Crippen LogP contribution is 2.25. The van der Waals surface area contributed by atoms with Crippen LogP contribution in [0.25, 0.3) is 0 Å². The number of imide groups is 1. The summed E-state index contributed by atoms with van der Waals surface area (Å²) in [6.45, 7) is 3.74. The number of rotatable bonds is 4. The molecule has 2 aromatic rings. The summed E-state index contributed by atoms with van der Waals surface area (Å²) in [5.74, 6) is -1.95. The molecule has 6 nitrogen and oxygen atoms in total. The van der Waals surface area contributed by atoms with E-state index in [1.165, 1.54) is 12.1 Å². The van der Waals surface area contributed by atoms with E-state index in [2.05, 4.69) is 0 Å². The second kappa shape index (κ2) is 5.72. The van der Waals surface area contributed by atoms with Crippen molar-refractivity contribution < 1.29 is 19.2 Å². The summed E-state index contributed by atoms with van der Waals surface area (Å²) in [5.41, 5.74) is 0.486. The molecule has 1 aliphatic heterocycles. The number of hydroxylamine groups is 2. The maximum absolute atomic E-state index is 12.5. The number of benzene rings is 1. The van der Waals surface area contributed by atoms with Gasteiger partial charge in [-0.3, -0.25) is 9.59 Å². The molecular formula is C17H16N2O4. The molecule has 1 atom stereocenters. The van der Waals surface area contributed by atoms with Gasteiger partial charge in [-0.1, -0.05) is 31.0 Å². The molecule has 0 spiro atoms. The van der Waals surface area contributed by atoms with Gasteiger partial charge in [-0.05, 0) is 30.2 Å². The van der Waals surface area contributed by atoms with E-state index in [0.29, 0.717) is 5.06 Å². The van der Waals surface area contributed by atoms with Crippen molar-refractivity contribution in [1.29, 1.82) is 0 Å². The van der Waals surface area contributed by atoms with Crippen molar-refractivity contribution in [2.24, 2.45) is 5.92 Å². The van der Waals surface area contributed by atoms with Crippen LogP contribution in [0.5, 0.6) is 0 Å². The lowest BCUT2D eigenvalue weighted by atomic mass is 10.0. The van der Waals surface area contributed by atoms with Gasteiger partial charge in [0, 0.05) is 12.4 Å². The van der Waals surface area contributed by atoms with E-state index in [0.717, 1.165) is 0 Å². The number of amides is 2. The first-order chi connectivity index (χ1) is 11.0. The first kappa shape index (κ1) is 15.0. The highest BCUT2D eigenvalue weighted by molar-refractivity contribution is 6.20. The molecule has 0 aliphatic carbocycles. The summed E-state index contributed by atoms with van der Waals surface area (Å²) < 4.78 is 1.70. The van der Waals surface area contributed by atoms with Crippen LogP contribution in [-0.2, 0) is 9.63 Å². The summed E-state index contributed by atoms with van der Waals surface area (Å²) >= 11 is 0. The normalized spacial score (nSPS) is 15.0. The predicted molar refractivity (Wildman–Crippen MR) is 81.3 cm³/mol. The number of carbonyl (C=O) groups excluding carboxylic acids is 3. The van der Waals surface area contributed by atoms with Crippen molar-refractivity contribution in [3.63, 3.8) is 0 Å². The van der Waals surface area contributed by atoms with Crippen LogP contribution in [0.2, 0.25) is 0 Å². The first-order valence-corrected chi connectivity index (χ1v) is 7.32. The molecule has 0 N–H and O–H groups in total. The minimum Gasteiger partial charge on any atom is -0.340 e. The van der Waals surface area contributed by atoms with Gasteiger partial charge >= 0.3 is 5.97 Å². The second-order valence-corrected chi connectivity index (χ2v) is 5.68. The van der Waals surface area contributed by atoms with Crippen molar-refractivity contribution in [1.82, 2.24) is 9.63 Å². The summed E-state index contributed by atoms with van der Waals surface area (Å²) in [6.07, 6.45) is 3.49. The Labute approximate surface area is 133 Å². The third-order valence-electron chi connectivity index (χ3n) is 3.76. The summed E-state index contributed by atoms with van der Waals surface area (Å²) in [7, 11) is 0. The molecule has 23 heavy (non-hydrogen) atoms. The number of hydrogen-bond donors (Lipinski definition) is 0. The molecule has 0 saturated carbocycles. The fourth-order valence-corrected chi connectivity index (χ4v) is 2.67. The fraction of sp³-hybridized carbons (Fsp3) is 0.235. The van der Waals surface area contributed by atoms with E-state index in [1.807, 2.05) is 13.8 Å². The molecule has 2 amide bonds. The van der Waals surface area contributed by atoms with Gasteiger partial charge in [0.2, 0.25) is 0 Å². The van der Waals surface area contributed by atoms with Gasteiger partial charge in [0.15, 0.2) is 0 Å². The van der Waals surface area contributed by atoms with Crippen LogP contribution in [0.3, 0.4) is 0 Å². The van der Waals surface area contributed by atoms with E-state index in [4.69, 9.17) is 4.84 Å². The topological polar surface area (TPSA) is 68.6 Å². The van der Waals surface area contributed by atoms with Crippen molar-refractivity contribution >= 4 is 17.8 Å². The van der Waals surface area contributed by atoms with Crippen LogP contribution in [-0.4, -0.2) is 27.4 Å². The number of fused-ring (bicyclic) bond motifs is 1. The quantitative estimate of drug-likeness (QED) is 0.813. The van der Waals surface area contributed by atoms with Crippen molar-refractivity contribution in [2.75, 3.05) is 0 Å². The van der Waals surface area contributed by atoms with Crippen molar-refractivity contribution in [2.45, 2.75) is 19.9 Å². The van der Waals surface area contributed by atoms with E-state index in [9.17, 15) is 14.4 Å². The summed E-state index contributed by atoms with van der Waals surface area (Å²) in [4.78, 5) is 42.1. The summed E-state index contributed by atoms with van der Waals surface area (Å²) in [5, 5.41) is 0.547. The zero-order chi connectivity index (χ0) is 16.6. The molecule has 0 radical (unpaired) electrons. The predicted octanol–water partition coefficient (Wildman–Crippen LogP) is 2.44. The van der Waals surface area contributed by atoms with Crippen molar-refractivity contribution in [3.05, 3.63) is 59.9 Å². The number of aromatic nitrogens is 1. The monoisotopic (exact) mass is 312 g/mol. The molecule has 1 aromatic heterocycles. The van der Waals surface area contributed by atoms with E-state index < -0.39 is 23.8 Å². The van der Waals surface area contributed by atoms with Crippen LogP contribution >= 0.6 is 0 Å². The van der Waals surface area contributed by atoms with Crippen LogP contribution in [0.1, 0.15) is 40.6 Å². The zero-order valence-corrected chi connectivity index (χ0v) is 12.8. The smallest absolute Gasteiger partial charge is 0.340 e. The van der Waals surface area contributed by atoms with E-state index in [-0.39, 0.29) is 17.0 Å². The summed E-state index contributed by atoms with van der Waals surface area (Å²) in [6, 6.07) is 9.37. The highest BCUT2D eigenvalue weighted by atomic mass is 16.7. The number of nitrogens with zero attached hydrogens (tertiary/aromatic N) is 2. The van der Waals surface area contributed by atoms with E-state index >= 15 is 0 Å². The molecule has 3 rings (SSSR count). The second-order valence-electron chi connectivity index (χ2n) is 5.68. The fourth-order valence-electron chi connectivity index (χ4n) is 2.67. The lowest BCUT2D eigenvalue weighted by molar-refractivity contribution is -0.174. The van der Waals surface area contributed by atoms with Gasteiger partial charge in [-0.2, -0.15) is 0 Å². The average molecular weight is 312 g/mol. The third-order valence-corrected chi connectivity index (χ3v) is 3.76. The zero-order valence-electron chi connectivity index (χ0n) is 12.8. The Morgan fingerprint density at radius 2 is 1.48 bits per heavy atom. The average Bonchev–Trinajstić information content (AvgIpc) is 3.11. The molecule has 118 valence electrons. The molecule has 2 heterocycles. The molecular weight excluding hydrogens is 296 g/mol. The minimum absolute atomic E-state index is 0.0647. The standard InChI is InChI=1S/C17H16N2O4/c1-11(2)14(18-9-5-6-10-18)17(22)23-19-15(20)12-7-3-4-8-13(12)16(19)21/h3-11,14H,1-2H3. The van der Waals surface area contributed by atoms with Crippen LogP contribution in [0, 0.1) is 5.92 Å². The number of carbonyl (C=O) groups is 3. The van der Waals surface area contributed by atoms with Gasteiger partial charge in [-0.15, -0.1) is 0 Å². The van der Waals surface area contributed by atoms with Gasteiger partial charge in [0.25, 0.3) is 11.8 Å². The Hall–Kier alpha value is -2.89. The Balaban J connectivity index is 1.84. The van der Waals surface area contributed by atoms with E-state index in [1.54, 1.807) is 41.2 Å². The van der Waals surface area contributed by atoms with Gasteiger partial charge in [0.1, 0.15) is 6.04 Å². The maximum Gasteiger partial charge on any atom is 0.355 e. The Morgan fingerprint density at radius 1 is 0.957 bits per heavy atom. The van der Waals surface area contributed by atoms with Gasteiger partial charge in [-0.25, -0.2) is 4.79 Å². The molecule has 6 heteroatoms. The van der Waals surface area contributed by atoms with Crippen LogP contribution in [0.4, 0.5) is 0 Å². The maximum atomic E-state index is 12.5. The van der Waals surface area contributed by atoms with Gasteiger partial charge < -0.3 is 9.40 Å². The Bertz CT molecular complexity index is 730. The Morgan fingerprint density at radius 3 is 1.96 bits per heavy atom. The van der Waals surface area contributed by atoms with Crippen LogP contribution in [0.15, 0.2) is 48.8 Å². The lowest BCUT2D eigenvalue weighted by Gasteiger charge is -2.23. The molecule has 0 fully saturated rings. The SMILES string of the molecule is CC(C)C(C(=O)ON1C(=O)c2ccccc2C1=O)n1cccc1. The molecule has 1 unspecified atom stereocenters. The number of hydrogen-bond acceptors (Lipinski definition) is 4. The van der Waals surface area contributed by atoms with Crippen molar-refractivity contribution in [3.8, 4) is 0 Å². The van der Waals surface area contributed by atoms with Crippen LogP contribution < -0.4 is 0 Å². The molecule has 0 saturated heterocycles.